The van der Waals surface area contributed by atoms with Gasteiger partial charge in [0, 0.05) is 6.04 Å². The summed E-state index contributed by atoms with van der Waals surface area (Å²) in [5.74, 6) is -1.36. The molecule has 6 heteroatoms. The zero-order chi connectivity index (χ0) is 13.1. The molecule has 1 fully saturated rings. The predicted molar refractivity (Wildman–Crippen MR) is 67.3 cm³/mol. The Bertz CT molecular complexity index is 457. The van der Waals surface area contributed by atoms with E-state index in [-0.39, 0.29) is 17.9 Å². The monoisotopic (exact) mass is 315 g/mol. The van der Waals surface area contributed by atoms with Crippen LogP contribution in [-0.2, 0) is 4.79 Å². The van der Waals surface area contributed by atoms with Crippen LogP contribution in [0.2, 0.25) is 0 Å². The summed E-state index contributed by atoms with van der Waals surface area (Å²) in [6.07, 6.45) is 4.27. The molecule has 2 rings (SSSR count). The van der Waals surface area contributed by atoms with E-state index in [4.69, 9.17) is 9.52 Å². The predicted octanol–water partition coefficient (Wildman–Crippen LogP) is 2.42. The number of rotatable bonds is 3. The van der Waals surface area contributed by atoms with Gasteiger partial charge in [-0.05, 0) is 41.3 Å². The van der Waals surface area contributed by atoms with Crippen molar-refractivity contribution in [3.63, 3.8) is 0 Å². The van der Waals surface area contributed by atoms with E-state index in [0.717, 1.165) is 12.8 Å². The summed E-state index contributed by atoms with van der Waals surface area (Å²) in [4.78, 5) is 22.9. The molecular formula is C12H14BrNO4. The van der Waals surface area contributed by atoms with Crippen LogP contribution in [0.3, 0.4) is 0 Å². The smallest absolute Gasteiger partial charge is 0.306 e. The van der Waals surface area contributed by atoms with E-state index in [2.05, 4.69) is 21.2 Å². The Morgan fingerprint density at radius 3 is 2.83 bits per heavy atom. The third-order valence-electron chi connectivity index (χ3n) is 3.22. The molecule has 0 radical (unpaired) electrons. The molecule has 98 valence electrons. The third-order valence-corrected chi connectivity index (χ3v) is 3.84. The molecule has 1 heterocycles. The van der Waals surface area contributed by atoms with Crippen molar-refractivity contribution >= 4 is 27.8 Å². The van der Waals surface area contributed by atoms with Crippen LogP contribution in [0.5, 0.6) is 0 Å². The van der Waals surface area contributed by atoms with Crippen LogP contribution in [0.1, 0.15) is 36.0 Å². The van der Waals surface area contributed by atoms with Gasteiger partial charge in [-0.15, -0.1) is 0 Å². The average molecular weight is 316 g/mol. The summed E-state index contributed by atoms with van der Waals surface area (Å²) in [7, 11) is 0. The minimum atomic E-state index is -0.779. The maximum atomic E-state index is 11.9. The van der Waals surface area contributed by atoms with E-state index in [1.807, 2.05) is 0 Å². The second-order valence-electron chi connectivity index (χ2n) is 4.48. The Hall–Kier alpha value is -1.30. The molecule has 1 aromatic rings. The summed E-state index contributed by atoms with van der Waals surface area (Å²) in [5.41, 5.74) is 0.437. The van der Waals surface area contributed by atoms with E-state index in [0.29, 0.717) is 23.1 Å². The van der Waals surface area contributed by atoms with E-state index in [1.165, 1.54) is 6.26 Å². The highest BCUT2D eigenvalue weighted by Gasteiger charge is 2.28. The quantitative estimate of drug-likeness (QED) is 0.897. The Morgan fingerprint density at radius 1 is 1.44 bits per heavy atom. The number of carboxylic acids is 1. The molecule has 0 bridgehead atoms. The summed E-state index contributed by atoms with van der Waals surface area (Å²) in [6.45, 7) is 0. The van der Waals surface area contributed by atoms with Crippen LogP contribution in [0, 0.1) is 5.92 Å². The van der Waals surface area contributed by atoms with Crippen molar-refractivity contribution in [2.45, 2.75) is 31.7 Å². The lowest BCUT2D eigenvalue weighted by Gasteiger charge is -2.27. The largest absolute Gasteiger partial charge is 0.481 e. The number of aliphatic carboxylic acids is 1. The van der Waals surface area contributed by atoms with Gasteiger partial charge in [0.05, 0.1) is 17.7 Å². The fraction of sp³-hybridized carbons (Fsp3) is 0.500. The van der Waals surface area contributed by atoms with Gasteiger partial charge in [-0.1, -0.05) is 6.42 Å². The molecular weight excluding hydrogens is 302 g/mol. The van der Waals surface area contributed by atoms with Crippen LogP contribution >= 0.6 is 15.9 Å². The maximum absolute atomic E-state index is 11.9. The van der Waals surface area contributed by atoms with Gasteiger partial charge in [-0.2, -0.15) is 0 Å². The van der Waals surface area contributed by atoms with E-state index < -0.39 is 5.97 Å². The Balaban J connectivity index is 1.95. The van der Waals surface area contributed by atoms with Crippen LogP contribution in [-0.4, -0.2) is 23.0 Å². The molecule has 0 saturated heterocycles. The fourth-order valence-corrected chi connectivity index (χ4v) is 2.68. The van der Waals surface area contributed by atoms with Crippen LogP contribution in [0.25, 0.3) is 0 Å². The second kappa shape index (κ2) is 5.56. The minimum absolute atomic E-state index is 0.0749. The summed E-state index contributed by atoms with van der Waals surface area (Å²) in [5, 5.41) is 11.8. The molecule has 18 heavy (non-hydrogen) atoms. The molecule has 2 atom stereocenters. The van der Waals surface area contributed by atoms with Gasteiger partial charge in [0.1, 0.15) is 0 Å². The molecule has 2 unspecified atom stereocenters. The summed E-state index contributed by atoms with van der Waals surface area (Å²) >= 11 is 3.15. The number of furan rings is 1. The molecule has 2 N–H and O–H groups in total. The first-order chi connectivity index (χ1) is 8.58. The van der Waals surface area contributed by atoms with Gasteiger partial charge in [0.25, 0.3) is 5.91 Å². The topological polar surface area (TPSA) is 79.5 Å². The van der Waals surface area contributed by atoms with Gasteiger partial charge < -0.3 is 14.8 Å². The molecule has 1 saturated carbocycles. The molecule has 1 aliphatic carbocycles. The maximum Gasteiger partial charge on any atom is 0.306 e. The number of hydrogen-bond acceptors (Lipinski definition) is 3. The lowest BCUT2D eigenvalue weighted by Crippen LogP contribution is -2.39. The van der Waals surface area contributed by atoms with Crippen molar-refractivity contribution in [2.24, 2.45) is 5.92 Å². The number of nitrogens with one attached hydrogen (secondary N) is 1. The number of carbonyl (C=O) groups is 2. The number of amides is 1. The third kappa shape index (κ3) is 2.93. The van der Waals surface area contributed by atoms with Crippen LogP contribution < -0.4 is 5.32 Å². The number of carbonyl (C=O) groups excluding carboxylic acids is 1. The highest BCUT2D eigenvalue weighted by Crippen LogP contribution is 2.25. The lowest BCUT2D eigenvalue weighted by atomic mass is 9.85. The Morgan fingerprint density at radius 2 is 2.22 bits per heavy atom. The second-order valence-corrected chi connectivity index (χ2v) is 5.20. The molecule has 1 aliphatic rings. The zero-order valence-electron chi connectivity index (χ0n) is 9.69. The minimum Gasteiger partial charge on any atom is -0.481 e. The van der Waals surface area contributed by atoms with Gasteiger partial charge in [0.15, 0.2) is 4.67 Å². The molecule has 5 nitrogen and oxygen atoms in total. The first-order valence-electron chi connectivity index (χ1n) is 5.84. The first kappa shape index (κ1) is 13.1. The van der Waals surface area contributed by atoms with Crippen molar-refractivity contribution in [3.05, 3.63) is 22.6 Å². The average Bonchev–Trinajstić information content (AvgIpc) is 2.76. The van der Waals surface area contributed by atoms with Crippen molar-refractivity contribution < 1.29 is 19.1 Å². The molecule has 1 amide bonds. The fourth-order valence-electron chi connectivity index (χ4n) is 2.26. The van der Waals surface area contributed by atoms with Crippen LogP contribution in [0.15, 0.2) is 21.4 Å². The first-order valence-corrected chi connectivity index (χ1v) is 6.64. The van der Waals surface area contributed by atoms with E-state index in [1.54, 1.807) is 6.07 Å². The van der Waals surface area contributed by atoms with Gasteiger partial charge in [-0.25, -0.2) is 0 Å². The van der Waals surface area contributed by atoms with E-state index in [9.17, 15) is 9.59 Å². The number of hydrogen-bond donors (Lipinski definition) is 2. The van der Waals surface area contributed by atoms with Crippen molar-refractivity contribution in [1.29, 1.82) is 0 Å². The van der Waals surface area contributed by atoms with Gasteiger partial charge >= 0.3 is 5.97 Å². The summed E-state index contributed by atoms with van der Waals surface area (Å²) in [6, 6.07) is 1.51. The van der Waals surface area contributed by atoms with E-state index >= 15 is 0 Å². The molecule has 0 aliphatic heterocycles. The standard InChI is InChI=1S/C12H14BrNO4/c13-10-9(4-5-18-10)11(15)14-8-3-1-2-7(6-8)12(16)17/h4-5,7-8H,1-3,6H2,(H,14,15)(H,16,17). The Kier molecular flexibility index (Phi) is 4.06. The highest BCUT2D eigenvalue weighted by molar-refractivity contribution is 9.10. The molecule has 0 spiro atoms. The van der Waals surface area contributed by atoms with Crippen molar-refractivity contribution in [3.8, 4) is 0 Å². The van der Waals surface area contributed by atoms with Crippen molar-refractivity contribution in [2.75, 3.05) is 0 Å². The van der Waals surface area contributed by atoms with Gasteiger partial charge in [0.2, 0.25) is 0 Å². The van der Waals surface area contributed by atoms with Crippen LogP contribution in [0.4, 0.5) is 0 Å². The normalized spacial score (nSPS) is 23.6. The zero-order valence-corrected chi connectivity index (χ0v) is 11.3. The van der Waals surface area contributed by atoms with Gasteiger partial charge in [-0.3, -0.25) is 9.59 Å². The Labute approximate surface area is 113 Å². The molecule has 0 aromatic carbocycles. The number of carboxylic acid groups (broad SMARTS) is 1. The summed E-state index contributed by atoms with van der Waals surface area (Å²) < 4.78 is 5.39. The highest BCUT2D eigenvalue weighted by atomic mass is 79.9. The lowest BCUT2D eigenvalue weighted by molar-refractivity contribution is -0.143. The SMILES string of the molecule is O=C(NC1CCCC(C(=O)O)C1)c1ccoc1Br. The van der Waals surface area contributed by atoms with Crippen molar-refractivity contribution in [1.82, 2.24) is 5.32 Å². The molecule has 1 aromatic heterocycles. The number of halogens is 1.